The van der Waals surface area contributed by atoms with Gasteiger partial charge in [-0.25, -0.2) is 0 Å². The molecular formula is C7H12N2O4. The van der Waals surface area contributed by atoms with E-state index in [9.17, 15) is 9.59 Å². The Kier molecular flexibility index (Phi) is 3.21. The molecule has 1 aliphatic rings. The first-order chi connectivity index (χ1) is 6.18. The van der Waals surface area contributed by atoms with Crippen LogP contribution in [0.25, 0.3) is 0 Å². The zero-order valence-corrected chi connectivity index (χ0v) is 7.08. The molecule has 1 heterocycles. The number of rotatable bonds is 6. The van der Waals surface area contributed by atoms with Crippen LogP contribution in [0.15, 0.2) is 0 Å². The predicted molar refractivity (Wildman–Crippen MR) is 43.3 cm³/mol. The van der Waals surface area contributed by atoms with E-state index in [4.69, 9.17) is 9.84 Å². The fourth-order valence-electron chi connectivity index (χ4n) is 1.12. The Morgan fingerprint density at radius 2 is 2.31 bits per heavy atom. The molecule has 1 amide bonds. The molecule has 6 heteroatoms. The van der Waals surface area contributed by atoms with Gasteiger partial charge in [-0.2, -0.15) is 0 Å². The number of ether oxygens (including phenoxy) is 1. The van der Waals surface area contributed by atoms with Gasteiger partial charge in [0, 0.05) is 6.54 Å². The summed E-state index contributed by atoms with van der Waals surface area (Å²) in [5.74, 6) is -0.919. The molecule has 0 unspecified atom stereocenters. The average Bonchev–Trinajstić information content (AvgIpc) is 2.02. The van der Waals surface area contributed by atoms with Crippen LogP contribution in [-0.4, -0.2) is 49.3 Å². The smallest absolute Gasteiger partial charge is 0.317 e. The van der Waals surface area contributed by atoms with Crippen molar-refractivity contribution in [1.29, 1.82) is 0 Å². The van der Waals surface area contributed by atoms with E-state index in [1.54, 1.807) is 0 Å². The lowest BCUT2D eigenvalue weighted by molar-refractivity contribution is -0.138. The molecule has 0 aromatic rings. The van der Waals surface area contributed by atoms with E-state index < -0.39 is 5.97 Å². The van der Waals surface area contributed by atoms with E-state index in [-0.39, 0.29) is 12.1 Å². The summed E-state index contributed by atoms with van der Waals surface area (Å²) in [6.07, 6.45) is 0.586. The summed E-state index contributed by atoms with van der Waals surface area (Å²) in [7, 11) is 0. The van der Waals surface area contributed by atoms with Crippen LogP contribution in [0.4, 0.5) is 0 Å². The molecule has 0 aromatic heterocycles. The van der Waals surface area contributed by atoms with Crippen LogP contribution in [0.5, 0.6) is 0 Å². The molecule has 74 valence electrons. The third kappa shape index (κ3) is 2.67. The number of carboxylic acid groups (broad SMARTS) is 1. The quantitative estimate of drug-likeness (QED) is 0.427. The minimum absolute atomic E-state index is 0.121. The van der Waals surface area contributed by atoms with Crippen LogP contribution in [-0.2, 0) is 14.3 Å². The van der Waals surface area contributed by atoms with Crippen LogP contribution in [0, 0.1) is 0 Å². The summed E-state index contributed by atoms with van der Waals surface area (Å²) in [6, 6.07) is 0. The van der Waals surface area contributed by atoms with Gasteiger partial charge in [-0.3, -0.25) is 14.9 Å². The summed E-state index contributed by atoms with van der Waals surface area (Å²) in [6.45, 7) is 1.13. The Balaban J connectivity index is 2.31. The van der Waals surface area contributed by atoms with Crippen molar-refractivity contribution in [2.24, 2.45) is 0 Å². The normalized spacial score (nSPS) is 18.8. The number of carbonyl (C=O) groups is 2. The van der Waals surface area contributed by atoms with Crippen molar-refractivity contribution >= 4 is 12.4 Å². The molecule has 0 spiro atoms. The lowest BCUT2D eigenvalue weighted by Crippen LogP contribution is -2.66. The van der Waals surface area contributed by atoms with Gasteiger partial charge in [0.1, 0.15) is 0 Å². The Hall–Kier alpha value is -1.14. The molecule has 1 rings (SSSR count). The topological polar surface area (TPSA) is 87.7 Å². The van der Waals surface area contributed by atoms with Gasteiger partial charge in [-0.05, 0) is 0 Å². The van der Waals surface area contributed by atoms with Crippen LogP contribution in [0.2, 0.25) is 0 Å². The standard InChI is InChI=1S/C7H12N2O4/c10-5-8-2-7(3-13-4-7)9-1-6(11)12/h5,9H,1-4H2,(H,8,10)(H,11,12). The third-order valence-corrected chi connectivity index (χ3v) is 1.90. The number of nitrogens with one attached hydrogen (secondary N) is 2. The number of carbonyl (C=O) groups excluding carboxylic acids is 1. The molecular weight excluding hydrogens is 176 g/mol. The SMILES string of the molecule is O=CNCC1(NCC(=O)O)COC1. The van der Waals surface area contributed by atoms with Crippen molar-refractivity contribution < 1.29 is 19.4 Å². The fraction of sp³-hybridized carbons (Fsp3) is 0.714. The van der Waals surface area contributed by atoms with Crippen molar-refractivity contribution in [2.75, 3.05) is 26.3 Å². The largest absolute Gasteiger partial charge is 0.480 e. The van der Waals surface area contributed by atoms with Crippen LogP contribution >= 0.6 is 0 Å². The highest BCUT2D eigenvalue weighted by molar-refractivity contribution is 5.69. The minimum atomic E-state index is -0.919. The Morgan fingerprint density at radius 1 is 1.62 bits per heavy atom. The second kappa shape index (κ2) is 4.20. The number of hydrogen-bond donors (Lipinski definition) is 3. The maximum atomic E-state index is 10.3. The van der Waals surface area contributed by atoms with E-state index in [0.29, 0.717) is 26.2 Å². The monoisotopic (exact) mass is 188 g/mol. The molecule has 0 bridgehead atoms. The lowest BCUT2D eigenvalue weighted by Gasteiger charge is -2.41. The van der Waals surface area contributed by atoms with E-state index in [2.05, 4.69) is 10.6 Å². The lowest BCUT2D eigenvalue weighted by atomic mass is 9.97. The molecule has 0 atom stereocenters. The Morgan fingerprint density at radius 3 is 2.69 bits per heavy atom. The molecule has 1 fully saturated rings. The van der Waals surface area contributed by atoms with Gasteiger partial charge in [0.2, 0.25) is 6.41 Å². The zero-order chi connectivity index (χ0) is 9.73. The molecule has 0 saturated carbocycles. The Bertz CT molecular complexity index is 203. The van der Waals surface area contributed by atoms with Crippen molar-refractivity contribution in [3.05, 3.63) is 0 Å². The first-order valence-corrected chi connectivity index (χ1v) is 3.90. The van der Waals surface area contributed by atoms with Gasteiger partial charge in [0.05, 0.1) is 25.3 Å². The van der Waals surface area contributed by atoms with Crippen molar-refractivity contribution in [3.8, 4) is 0 Å². The number of aliphatic carboxylic acids is 1. The van der Waals surface area contributed by atoms with Crippen molar-refractivity contribution in [3.63, 3.8) is 0 Å². The summed E-state index contributed by atoms with van der Waals surface area (Å²) >= 11 is 0. The second-order valence-electron chi connectivity index (χ2n) is 3.02. The molecule has 3 N–H and O–H groups in total. The Labute approximate surface area is 75.3 Å². The number of amides is 1. The molecule has 1 saturated heterocycles. The van der Waals surface area contributed by atoms with Gasteiger partial charge in [-0.15, -0.1) is 0 Å². The molecule has 0 aliphatic carbocycles. The summed E-state index contributed by atoms with van der Waals surface area (Å²) in [5.41, 5.74) is -0.390. The zero-order valence-electron chi connectivity index (χ0n) is 7.08. The van der Waals surface area contributed by atoms with Gasteiger partial charge >= 0.3 is 5.97 Å². The second-order valence-corrected chi connectivity index (χ2v) is 3.02. The average molecular weight is 188 g/mol. The highest BCUT2D eigenvalue weighted by Gasteiger charge is 2.38. The fourth-order valence-corrected chi connectivity index (χ4v) is 1.12. The van der Waals surface area contributed by atoms with Crippen LogP contribution in [0.1, 0.15) is 0 Å². The van der Waals surface area contributed by atoms with Crippen molar-refractivity contribution in [1.82, 2.24) is 10.6 Å². The van der Waals surface area contributed by atoms with E-state index in [1.807, 2.05) is 0 Å². The van der Waals surface area contributed by atoms with E-state index in [0.717, 1.165) is 0 Å². The highest BCUT2D eigenvalue weighted by Crippen LogP contribution is 2.15. The van der Waals surface area contributed by atoms with Gasteiger partial charge in [0.25, 0.3) is 0 Å². The summed E-state index contributed by atoms with van der Waals surface area (Å²) < 4.78 is 4.96. The number of hydrogen-bond acceptors (Lipinski definition) is 4. The number of carboxylic acids is 1. The van der Waals surface area contributed by atoms with Gasteiger partial charge in [0.15, 0.2) is 0 Å². The molecule has 6 nitrogen and oxygen atoms in total. The first kappa shape index (κ1) is 9.94. The maximum absolute atomic E-state index is 10.3. The highest BCUT2D eigenvalue weighted by atomic mass is 16.5. The van der Waals surface area contributed by atoms with E-state index >= 15 is 0 Å². The molecule has 13 heavy (non-hydrogen) atoms. The summed E-state index contributed by atoms with van der Waals surface area (Å²) in [5, 5.41) is 13.7. The predicted octanol–water partition coefficient (Wildman–Crippen LogP) is -1.82. The molecule has 1 aliphatic heterocycles. The van der Waals surface area contributed by atoms with Crippen molar-refractivity contribution in [2.45, 2.75) is 5.54 Å². The van der Waals surface area contributed by atoms with Crippen LogP contribution in [0.3, 0.4) is 0 Å². The maximum Gasteiger partial charge on any atom is 0.317 e. The molecule has 0 aromatic carbocycles. The first-order valence-electron chi connectivity index (χ1n) is 3.90. The molecule has 0 radical (unpaired) electrons. The van der Waals surface area contributed by atoms with E-state index in [1.165, 1.54) is 0 Å². The van der Waals surface area contributed by atoms with Gasteiger partial charge in [-0.1, -0.05) is 0 Å². The summed E-state index contributed by atoms with van der Waals surface area (Å²) in [4.78, 5) is 20.3. The van der Waals surface area contributed by atoms with Gasteiger partial charge < -0.3 is 15.2 Å². The third-order valence-electron chi connectivity index (χ3n) is 1.90. The van der Waals surface area contributed by atoms with Crippen LogP contribution < -0.4 is 10.6 Å². The minimum Gasteiger partial charge on any atom is -0.480 e.